The van der Waals surface area contributed by atoms with E-state index in [0.717, 1.165) is 12.1 Å². The topological polar surface area (TPSA) is 41.6 Å². The Balaban J connectivity index is 1.86. The van der Waals surface area contributed by atoms with Gasteiger partial charge in [-0.1, -0.05) is 11.6 Å². The second-order valence-corrected chi connectivity index (χ2v) is 5.85. The highest BCUT2D eigenvalue weighted by Gasteiger charge is 2.60. The number of carbonyl (C=O) groups is 1. The van der Waals surface area contributed by atoms with Gasteiger partial charge in [-0.2, -0.15) is 13.2 Å². The number of hydrogen-bond donors (Lipinski definition) is 1. The van der Waals surface area contributed by atoms with Crippen molar-refractivity contribution in [3.63, 3.8) is 0 Å². The van der Waals surface area contributed by atoms with E-state index in [1.54, 1.807) is 0 Å². The van der Waals surface area contributed by atoms with Crippen LogP contribution in [-0.2, 0) is 9.53 Å². The maximum absolute atomic E-state index is 13.3. The quantitative estimate of drug-likeness (QED) is 0.664. The number of ether oxygens (including phenoxy) is 1. The number of alkyl halides is 3. The van der Waals surface area contributed by atoms with Crippen molar-refractivity contribution in [1.29, 1.82) is 0 Å². The van der Waals surface area contributed by atoms with Gasteiger partial charge in [0.05, 0.1) is 16.1 Å². The van der Waals surface area contributed by atoms with Gasteiger partial charge in [-0.05, 0) is 18.2 Å². The molecule has 9 heteroatoms. The molecule has 2 aliphatic rings. The zero-order valence-electron chi connectivity index (χ0n) is 11.1. The molecule has 1 aromatic carbocycles. The van der Waals surface area contributed by atoms with Gasteiger partial charge in [-0.25, -0.2) is 9.18 Å². The average molecular weight is 339 g/mol. The molecule has 1 unspecified atom stereocenters. The molecule has 1 spiro atoms. The lowest BCUT2D eigenvalue weighted by Gasteiger charge is -2.61. The molecule has 1 aromatic rings. The van der Waals surface area contributed by atoms with E-state index in [9.17, 15) is 22.4 Å². The molecule has 0 saturated carbocycles. The first kappa shape index (κ1) is 15.4. The Morgan fingerprint density at radius 1 is 1.41 bits per heavy atom. The van der Waals surface area contributed by atoms with Gasteiger partial charge < -0.3 is 15.0 Å². The standard InChI is InChI=1S/C13H11ClF4N2O2/c14-8-2-1-7(15)3-9(8)20-6-12(4-19-5-12)10(20)22-11(21)13(16,17)18/h1-3,10,19H,4-6H2. The normalized spacial score (nSPS) is 23.0. The first-order chi connectivity index (χ1) is 10.2. The monoisotopic (exact) mass is 338 g/mol. The highest BCUT2D eigenvalue weighted by Crippen LogP contribution is 2.47. The van der Waals surface area contributed by atoms with Crippen molar-refractivity contribution in [3.8, 4) is 0 Å². The van der Waals surface area contributed by atoms with Crippen LogP contribution in [0.25, 0.3) is 0 Å². The van der Waals surface area contributed by atoms with Crippen LogP contribution in [-0.4, -0.2) is 38.0 Å². The Morgan fingerprint density at radius 3 is 2.64 bits per heavy atom. The third kappa shape index (κ3) is 2.40. The van der Waals surface area contributed by atoms with Gasteiger partial charge in [0.25, 0.3) is 0 Å². The fraction of sp³-hybridized carbons (Fsp3) is 0.462. The largest absolute Gasteiger partial charge is 0.491 e. The zero-order chi connectivity index (χ0) is 16.1. The van der Waals surface area contributed by atoms with Crippen LogP contribution in [0, 0.1) is 11.2 Å². The smallest absolute Gasteiger partial charge is 0.434 e. The summed E-state index contributed by atoms with van der Waals surface area (Å²) in [5, 5.41) is 3.12. The minimum atomic E-state index is -5.08. The zero-order valence-corrected chi connectivity index (χ0v) is 11.8. The van der Waals surface area contributed by atoms with E-state index in [-0.39, 0.29) is 10.7 Å². The summed E-state index contributed by atoms with van der Waals surface area (Å²) in [5.74, 6) is -2.84. The SMILES string of the molecule is O=C(OC1N(c2cc(F)ccc2Cl)CC12CNC2)C(F)(F)F. The molecule has 4 nitrogen and oxygen atoms in total. The summed E-state index contributed by atoms with van der Waals surface area (Å²) >= 11 is 5.96. The van der Waals surface area contributed by atoms with Gasteiger partial charge in [0, 0.05) is 19.6 Å². The van der Waals surface area contributed by atoms with E-state index < -0.39 is 29.6 Å². The van der Waals surface area contributed by atoms with Gasteiger partial charge >= 0.3 is 12.1 Å². The Morgan fingerprint density at radius 2 is 2.09 bits per heavy atom. The van der Waals surface area contributed by atoms with E-state index in [4.69, 9.17) is 11.6 Å². The molecule has 2 fully saturated rings. The number of carbonyl (C=O) groups excluding carboxylic acids is 1. The molecule has 0 amide bonds. The summed E-state index contributed by atoms with van der Waals surface area (Å²) in [5.41, 5.74) is -0.379. The van der Waals surface area contributed by atoms with Gasteiger partial charge in [-0.3, -0.25) is 0 Å². The van der Waals surface area contributed by atoms with Crippen LogP contribution < -0.4 is 10.2 Å². The van der Waals surface area contributed by atoms with Gasteiger partial charge in [0.2, 0.25) is 0 Å². The second-order valence-electron chi connectivity index (χ2n) is 5.44. The molecule has 1 N–H and O–H groups in total. The van der Waals surface area contributed by atoms with Gasteiger partial charge in [0.15, 0.2) is 6.23 Å². The number of rotatable bonds is 2. The number of esters is 1. The van der Waals surface area contributed by atoms with Crippen molar-refractivity contribution in [2.45, 2.75) is 12.4 Å². The summed E-state index contributed by atoms with van der Waals surface area (Å²) in [7, 11) is 0. The summed E-state index contributed by atoms with van der Waals surface area (Å²) in [6.07, 6.45) is -6.20. The lowest BCUT2D eigenvalue weighted by atomic mass is 9.72. The maximum Gasteiger partial charge on any atom is 0.491 e. The average Bonchev–Trinajstić information content (AvgIpc) is 2.35. The second kappa shape index (κ2) is 4.99. The van der Waals surface area contributed by atoms with Crippen molar-refractivity contribution in [2.24, 2.45) is 5.41 Å². The van der Waals surface area contributed by atoms with E-state index in [0.29, 0.717) is 19.6 Å². The number of nitrogens with zero attached hydrogens (tertiary/aromatic N) is 1. The van der Waals surface area contributed by atoms with Crippen LogP contribution in [0.4, 0.5) is 23.2 Å². The highest BCUT2D eigenvalue weighted by molar-refractivity contribution is 6.33. The van der Waals surface area contributed by atoms with E-state index in [1.807, 2.05) is 0 Å². The molecule has 22 heavy (non-hydrogen) atoms. The third-order valence-electron chi connectivity index (χ3n) is 3.91. The summed E-state index contributed by atoms with van der Waals surface area (Å²) in [6, 6.07) is 3.55. The van der Waals surface area contributed by atoms with E-state index in [1.165, 1.54) is 11.0 Å². The van der Waals surface area contributed by atoms with E-state index >= 15 is 0 Å². The molecular weight excluding hydrogens is 328 g/mol. The minimum absolute atomic E-state index is 0.177. The molecule has 0 radical (unpaired) electrons. The molecular formula is C13H11ClF4N2O2. The van der Waals surface area contributed by atoms with Crippen molar-refractivity contribution in [1.82, 2.24) is 5.32 Å². The van der Waals surface area contributed by atoms with Crippen LogP contribution >= 0.6 is 11.6 Å². The van der Waals surface area contributed by atoms with Gasteiger partial charge in [0.1, 0.15) is 5.82 Å². The fourth-order valence-corrected chi connectivity index (χ4v) is 2.95. The minimum Gasteiger partial charge on any atom is -0.434 e. The predicted octanol–water partition coefficient (Wildman–Crippen LogP) is 2.32. The number of nitrogens with one attached hydrogen (secondary N) is 1. The molecule has 2 heterocycles. The molecule has 0 bridgehead atoms. The van der Waals surface area contributed by atoms with Crippen LogP contribution in [0.5, 0.6) is 0 Å². The predicted molar refractivity (Wildman–Crippen MR) is 70.0 cm³/mol. The number of hydrogen-bond acceptors (Lipinski definition) is 4. The molecule has 0 aliphatic carbocycles. The third-order valence-corrected chi connectivity index (χ3v) is 4.23. The molecule has 2 saturated heterocycles. The Hall–Kier alpha value is -1.54. The van der Waals surface area contributed by atoms with Crippen LogP contribution in [0.3, 0.4) is 0 Å². The summed E-state index contributed by atoms with van der Waals surface area (Å²) < 4.78 is 55.2. The maximum atomic E-state index is 13.3. The van der Waals surface area contributed by atoms with Crippen LogP contribution in [0.1, 0.15) is 0 Å². The molecule has 120 valence electrons. The number of anilines is 1. The van der Waals surface area contributed by atoms with Crippen LogP contribution in [0.15, 0.2) is 18.2 Å². The first-order valence-corrected chi connectivity index (χ1v) is 6.81. The lowest BCUT2D eigenvalue weighted by molar-refractivity contribution is -0.219. The van der Waals surface area contributed by atoms with Crippen molar-refractivity contribution >= 4 is 23.3 Å². The lowest BCUT2D eigenvalue weighted by Crippen LogP contribution is -2.78. The Kier molecular flexibility index (Phi) is 3.48. The van der Waals surface area contributed by atoms with E-state index in [2.05, 4.69) is 10.1 Å². The molecule has 0 aromatic heterocycles. The Bertz CT molecular complexity index is 619. The number of benzene rings is 1. The van der Waals surface area contributed by atoms with Crippen LogP contribution in [0.2, 0.25) is 5.02 Å². The summed E-state index contributed by atoms with van der Waals surface area (Å²) in [6.45, 7) is 1.18. The molecule has 2 aliphatic heterocycles. The van der Waals surface area contributed by atoms with Crippen molar-refractivity contribution in [2.75, 3.05) is 24.5 Å². The molecule has 1 atom stereocenters. The highest BCUT2D eigenvalue weighted by atomic mass is 35.5. The first-order valence-electron chi connectivity index (χ1n) is 6.43. The van der Waals surface area contributed by atoms with Gasteiger partial charge in [-0.15, -0.1) is 0 Å². The Labute approximate surface area is 128 Å². The number of halogens is 5. The van der Waals surface area contributed by atoms with Crippen molar-refractivity contribution in [3.05, 3.63) is 29.0 Å². The molecule has 3 rings (SSSR count). The van der Waals surface area contributed by atoms with Crippen molar-refractivity contribution < 1.29 is 27.1 Å². The fourth-order valence-electron chi connectivity index (χ4n) is 2.73. The summed E-state index contributed by atoms with van der Waals surface area (Å²) in [4.78, 5) is 12.5.